The van der Waals surface area contributed by atoms with Crippen LogP contribution in [0, 0.1) is 23.2 Å². The topological polar surface area (TPSA) is 38.0 Å². The largest absolute Gasteiger partial charge is 0.326 e. The maximum atomic E-state index is 6.69. The monoisotopic (exact) mass is 262 g/mol. The normalized spacial score (nSPS) is 46.9. The highest BCUT2D eigenvalue weighted by molar-refractivity contribution is 5.06. The van der Waals surface area contributed by atoms with E-state index in [-0.39, 0.29) is 0 Å². The maximum Gasteiger partial charge on any atom is 0.0222 e. The summed E-state index contributed by atoms with van der Waals surface area (Å²) in [6, 6.07) is 1.20. The summed E-state index contributed by atoms with van der Waals surface area (Å²) in [7, 11) is 0. The number of hydrogen-bond donors (Lipinski definition) is 2. The molecule has 0 amide bonds. The van der Waals surface area contributed by atoms with E-state index in [0.717, 1.165) is 30.3 Å². The van der Waals surface area contributed by atoms with Gasteiger partial charge >= 0.3 is 0 Å². The van der Waals surface area contributed by atoms with Crippen molar-refractivity contribution in [2.75, 3.05) is 6.54 Å². The zero-order valence-electron chi connectivity index (χ0n) is 12.2. The molecule has 0 saturated heterocycles. The van der Waals surface area contributed by atoms with Crippen molar-refractivity contribution in [2.24, 2.45) is 28.9 Å². The summed E-state index contributed by atoms with van der Waals surface area (Å²) in [6.07, 6.45) is 14.5. The molecule has 4 bridgehead atoms. The van der Waals surface area contributed by atoms with Crippen LogP contribution >= 0.6 is 0 Å². The molecule has 5 saturated carbocycles. The molecule has 5 aliphatic carbocycles. The third-order valence-electron chi connectivity index (χ3n) is 6.85. The minimum absolute atomic E-state index is 0.418. The fourth-order valence-corrected chi connectivity index (χ4v) is 6.27. The van der Waals surface area contributed by atoms with Crippen molar-refractivity contribution in [2.45, 2.75) is 76.3 Å². The summed E-state index contributed by atoms with van der Waals surface area (Å²) < 4.78 is 0. The van der Waals surface area contributed by atoms with Gasteiger partial charge in [-0.25, -0.2) is 0 Å². The highest BCUT2D eigenvalue weighted by atomic mass is 15.0. The van der Waals surface area contributed by atoms with Gasteiger partial charge in [0.2, 0.25) is 0 Å². The van der Waals surface area contributed by atoms with Crippen LogP contribution in [-0.4, -0.2) is 18.6 Å². The molecule has 5 aliphatic rings. The smallest absolute Gasteiger partial charge is 0.0222 e. The molecule has 3 N–H and O–H groups in total. The first-order valence-corrected chi connectivity index (χ1v) is 8.72. The van der Waals surface area contributed by atoms with E-state index in [1.807, 2.05) is 0 Å². The quantitative estimate of drug-likeness (QED) is 0.817. The summed E-state index contributed by atoms with van der Waals surface area (Å²) in [5.41, 5.74) is 7.22. The molecule has 0 aromatic heterocycles. The molecular weight excluding hydrogens is 232 g/mol. The van der Waals surface area contributed by atoms with E-state index in [2.05, 4.69) is 5.32 Å². The number of nitrogens with two attached hydrogens (primary N) is 1. The number of nitrogens with one attached hydrogen (secondary N) is 1. The van der Waals surface area contributed by atoms with Crippen LogP contribution in [0.4, 0.5) is 0 Å². The second-order valence-corrected chi connectivity index (χ2v) is 8.28. The highest BCUT2D eigenvalue weighted by Crippen LogP contribution is 2.60. The van der Waals surface area contributed by atoms with Gasteiger partial charge in [0.15, 0.2) is 0 Å². The van der Waals surface area contributed by atoms with Crippen molar-refractivity contribution >= 4 is 0 Å². The zero-order valence-corrected chi connectivity index (χ0v) is 12.2. The van der Waals surface area contributed by atoms with Crippen LogP contribution < -0.4 is 11.1 Å². The van der Waals surface area contributed by atoms with Crippen molar-refractivity contribution < 1.29 is 0 Å². The Kier molecular flexibility index (Phi) is 3.15. The van der Waals surface area contributed by atoms with Gasteiger partial charge in [-0.1, -0.05) is 12.8 Å². The third kappa shape index (κ3) is 2.25. The summed E-state index contributed by atoms with van der Waals surface area (Å²) in [5.74, 6) is 3.09. The second kappa shape index (κ2) is 4.73. The fraction of sp³-hybridized carbons (Fsp3) is 1.00. The van der Waals surface area contributed by atoms with Gasteiger partial charge in [0.1, 0.15) is 0 Å². The molecule has 0 radical (unpaired) electrons. The Labute approximate surface area is 117 Å². The minimum atomic E-state index is 0.418. The third-order valence-corrected chi connectivity index (χ3v) is 6.85. The van der Waals surface area contributed by atoms with Gasteiger partial charge in [0, 0.05) is 18.6 Å². The molecule has 0 aliphatic heterocycles. The Hall–Kier alpha value is -0.0800. The standard InChI is InChI=1S/C17H30N2/c18-16(11-19-15-3-1-2-4-15)17-8-12-5-13(9-17)7-14(6-12)10-17/h12-16,19H,1-11,18H2. The van der Waals surface area contributed by atoms with E-state index >= 15 is 0 Å². The summed E-state index contributed by atoms with van der Waals surface area (Å²) in [6.45, 7) is 1.08. The lowest BCUT2D eigenvalue weighted by atomic mass is 9.48. The predicted octanol–water partition coefficient (Wildman–Crippen LogP) is 3.06. The highest BCUT2D eigenvalue weighted by Gasteiger charge is 2.53. The number of rotatable bonds is 4. The molecule has 19 heavy (non-hydrogen) atoms. The van der Waals surface area contributed by atoms with Crippen LogP contribution in [0.1, 0.15) is 64.2 Å². The lowest BCUT2D eigenvalue weighted by molar-refractivity contribution is -0.0667. The van der Waals surface area contributed by atoms with Crippen molar-refractivity contribution in [3.63, 3.8) is 0 Å². The second-order valence-electron chi connectivity index (χ2n) is 8.28. The lowest BCUT2D eigenvalue weighted by Crippen LogP contribution is -2.57. The van der Waals surface area contributed by atoms with Crippen LogP contribution in [0.2, 0.25) is 0 Å². The van der Waals surface area contributed by atoms with Crippen LogP contribution in [-0.2, 0) is 0 Å². The summed E-state index contributed by atoms with van der Waals surface area (Å²) in [5, 5.41) is 3.78. The lowest BCUT2D eigenvalue weighted by Gasteiger charge is -2.59. The van der Waals surface area contributed by atoms with Gasteiger partial charge < -0.3 is 11.1 Å². The SMILES string of the molecule is NC(CNC1CCCC1)C12CC3CC(CC(C3)C1)C2. The Balaban J connectivity index is 1.40. The van der Waals surface area contributed by atoms with Crippen molar-refractivity contribution in [3.05, 3.63) is 0 Å². The van der Waals surface area contributed by atoms with Gasteiger partial charge in [0.25, 0.3) is 0 Å². The molecule has 0 aromatic carbocycles. The summed E-state index contributed by atoms with van der Waals surface area (Å²) in [4.78, 5) is 0. The molecule has 5 rings (SSSR count). The summed E-state index contributed by atoms with van der Waals surface area (Å²) >= 11 is 0. The Bertz CT molecular complexity index is 297. The number of hydrogen-bond acceptors (Lipinski definition) is 2. The van der Waals surface area contributed by atoms with Crippen LogP contribution in [0.5, 0.6) is 0 Å². The van der Waals surface area contributed by atoms with E-state index in [9.17, 15) is 0 Å². The first-order chi connectivity index (χ1) is 9.23. The molecule has 0 aromatic rings. The first kappa shape index (κ1) is 12.6. The molecular formula is C17H30N2. The molecule has 1 unspecified atom stereocenters. The van der Waals surface area contributed by atoms with Gasteiger partial charge in [-0.15, -0.1) is 0 Å². The van der Waals surface area contributed by atoms with Crippen molar-refractivity contribution in [1.29, 1.82) is 0 Å². The van der Waals surface area contributed by atoms with Gasteiger partial charge in [0.05, 0.1) is 0 Å². The van der Waals surface area contributed by atoms with E-state index in [0.29, 0.717) is 11.5 Å². The van der Waals surface area contributed by atoms with Gasteiger partial charge in [-0.3, -0.25) is 0 Å². The van der Waals surface area contributed by atoms with Crippen molar-refractivity contribution in [1.82, 2.24) is 5.32 Å². The zero-order chi connectivity index (χ0) is 12.9. The molecule has 108 valence electrons. The van der Waals surface area contributed by atoms with E-state index < -0.39 is 0 Å². The molecule has 1 atom stereocenters. The average molecular weight is 262 g/mol. The maximum absolute atomic E-state index is 6.69. The van der Waals surface area contributed by atoms with Gasteiger partial charge in [-0.05, 0) is 74.5 Å². The first-order valence-electron chi connectivity index (χ1n) is 8.72. The minimum Gasteiger partial charge on any atom is -0.326 e. The average Bonchev–Trinajstić information content (AvgIpc) is 2.87. The molecule has 0 spiro atoms. The van der Waals surface area contributed by atoms with E-state index in [1.54, 1.807) is 0 Å². The molecule has 2 heteroatoms. The fourth-order valence-electron chi connectivity index (χ4n) is 6.27. The predicted molar refractivity (Wildman–Crippen MR) is 78.8 cm³/mol. The van der Waals surface area contributed by atoms with Crippen LogP contribution in [0.3, 0.4) is 0 Å². The Morgan fingerprint density at radius 1 is 0.947 bits per heavy atom. The molecule has 5 fully saturated rings. The van der Waals surface area contributed by atoms with Gasteiger partial charge in [-0.2, -0.15) is 0 Å². The Morgan fingerprint density at radius 3 is 2.00 bits per heavy atom. The molecule has 0 heterocycles. The molecule has 2 nitrogen and oxygen atoms in total. The van der Waals surface area contributed by atoms with Crippen molar-refractivity contribution in [3.8, 4) is 0 Å². The van der Waals surface area contributed by atoms with E-state index in [4.69, 9.17) is 5.73 Å². The Morgan fingerprint density at radius 2 is 1.47 bits per heavy atom. The van der Waals surface area contributed by atoms with Crippen LogP contribution in [0.25, 0.3) is 0 Å². The van der Waals surface area contributed by atoms with E-state index in [1.165, 1.54) is 64.2 Å². The van der Waals surface area contributed by atoms with Crippen LogP contribution in [0.15, 0.2) is 0 Å².